The lowest BCUT2D eigenvalue weighted by atomic mass is 10.1. The Morgan fingerprint density at radius 2 is 2.08 bits per heavy atom. The maximum absolute atomic E-state index is 12.4. The highest BCUT2D eigenvalue weighted by atomic mass is 16.2. The van der Waals surface area contributed by atoms with Crippen LogP contribution in [0.25, 0.3) is 11.4 Å². The highest BCUT2D eigenvalue weighted by molar-refractivity contribution is 5.76. The van der Waals surface area contributed by atoms with Gasteiger partial charge in [0.05, 0.1) is 12.6 Å². The number of rotatable bonds is 3. The van der Waals surface area contributed by atoms with Gasteiger partial charge in [-0.25, -0.2) is 4.68 Å². The summed E-state index contributed by atoms with van der Waals surface area (Å²) in [6.45, 7) is 3.23. The predicted octanol–water partition coefficient (Wildman–Crippen LogP) is 0.535. The molecule has 0 bridgehead atoms. The molecule has 9 nitrogen and oxygen atoms in total. The Kier molecular flexibility index (Phi) is 3.52. The van der Waals surface area contributed by atoms with Gasteiger partial charge in [0.1, 0.15) is 12.9 Å². The molecule has 3 heterocycles. The summed E-state index contributed by atoms with van der Waals surface area (Å²) in [5.41, 5.74) is 1.02. The normalized spacial score (nSPS) is 16.9. The molecule has 0 saturated carbocycles. The number of fused-ring (bicyclic) bond motifs is 1. The SMILES string of the molecule is C[C@H]1CN(C(=O)Cn2cnnn2)Cc2nnc(-c3ccccc3)n21. The van der Waals surface area contributed by atoms with Gasteiger partial charge in [-0.1, -0.05) is 30.3 Å². The molecule has 1 aliphatic heterocycles. The van der Waals surface area contributed by atoms with E-state index in [1.165, 1.54) is 11.0 Å². The molecule has 24 heavy (non-hydrogen) atoms. The van der Waals surface area contributed by atoms with Gasteiger partial charge >= 0.3 is 0 Å². The number of hydrogen-bond acceptors (Lipinski definition) is 6. The summed E-state index contributed by atoms with van der Waals surface area (Å²) in [6, 6.07) is 10.0. The van der Waals surface area contributed by atoms with Crippen LogP contribution in [-0.4, -0.2) is 52.3 Å². The molecular weight excluding hydrogens is 308 g/mol. The summed E-state index contributed by atoms with van der Waals surface area (Å²) < 4.78 is 3.53. The van der Waals surface area contributed by atoms with Crippen LogP contribution in [0.5, 0.6) is 0 Å². The van der Waals surface area contributed by atoms with Crippen molar-refractivity contribution in [2.75, 3.05) is 6.54 Å². The van der Waals surface area contributed by atoms with E-state index in [0.717, 1.165) is 17.2 Å². The van der Waals surface area contributed by atoms with E-state index in [2.05, 4.69) is 37.2 Å². The van der Waals surface area contributed by atoms with E-state index in [9.17, 15) is 4.79 Å². The van der Waals surface area contributed by atoms with Crippen molar-refractivity contribution in [2.45, 2.75) is 26.1 Å². The second kappa shape index (κ2) is 5.84. The molecule has 3 aromatic rings. The molecule has 1 amide bonds. The molecule has 0 spiro atoms. The first-order valence-corrected chi connectivity index (χ1v) is 7.70. The van der Waals surface area contributed by atoms with E-state index in [1.54, 1.807) is 4.90 Å². The van der Waals surface area contributed by atoms with E-state index < -0.39 is 0 Å². The minimum absolute atomic E-state index is 0.0374. The van der Waals surface area contributed by atoms with Crippen molar-refractivity contribution < 1.29 is 4.79 Å². The lowest BCUT2D eigenvalue weighted by Crippen LogP contribution is -2.42. The Morgan fingerprint density at radius 1 is 1.25 bits per heavy atom. The summed E-state index contributed by atoms with van der Waals surface area (Å²) >= 11 is 0. The van der Waals surface area contributed by atoms with Gasteiger partial charge in [0.25, 0.3) is 0 Å². The first kappa shape index (κ1) is 14.5. The molecule has 0 saturated heterocycles. The highest BCUT2D eigenvalue weighted by Crippen LogP contribution is 2.27. The van der Waals surface area contributed by atoms with Gasteiger partial charge in [0.2, 0.25) is 5.91 Å². The zero-order valence-corrected chi connectivity index (χ0v) is 13.1. The largest absolute Gasteiger partial charge is 0.331 e. The lowest BCUT2D eigenvalue weighted by molar-refractivity contribution is -0.134. The topological polar surface area (TPSA) is 94.6 Å². The van der Waals surface area contributed by atoms with E-state index in [-0.39, 0.29) is 18.5 Å². The van der Waals surface area contributed by atoms with Gasteiger partial charge in [0, 0.05) is 12.1 Å². The van der Waals surface area contributed by atoms with Crippen LogP contribution in [0.1, 0.15) is 18.8 Å². The average molecular weight is 324 g/mol. The number of hydrogen-bond donors (Lipinski definition) is 0. The molecule has 2 aromatic heterocycles. The molecule has 0 radical (unpaired) electrons. The molecule has 0 N–H and O–H groups in total. The molecule has 4 rings (SSSR count). The first-order valence-electron chi connectivity index (χ1n) is 7.70. The van der Waals surface area contributed by atoms with Crippen molar-refractivity contribution in [3.63, 3.8) is 0 Å². The van der Waals surface area contributed by atoms with Gasteiger partial charge < -0.3 is 9.47 Å². The van der Waals surface area contributed by atoms with Crippen LogP contribution in [0.3, 0.4) is 0 Å². The summed E-state index contributed by atoms with van der Waals surface area (Å²) in [5, 5.41) is 19.4. The van der Waals surface area contributed by atoms with Crippen molar-refractivity contribution >= 4 is 5.91 Å². The van der Waals surface area contributed by atoms with E-state index in [4.69, 9.17) is 0 Å². The zero-order chi connectivity index (χ0) is 16.5. The molecule has 1 atom stereocenters. The number of amides is 1. The third kappa shape index (κ3) is 2.53. The number of aromatic nitrogens is 7. The molecule has 1 aliphatic rings. The van der Waals surface area contributed by atoms with Gasteiger partial charge in [0.15, 0.2) is 11.6 Å². The number of tetrazole rings is 1. The van der Waals surface area contributed by atoms with E-state index in [0.29, 0.717) is 13.1 Å². The van der Waals surface area contributed by atoms with Crippen LogP contribution in [0.2, 0.25) is 0 Å². The van der Waals surface area contributed by atoms with Crippen molar-refractivity contribution in [3.05, 3.63) is 42.5 Å². The Morgan fingerprint density at radius 3 is 2.83 bits per heavy atom. The highest BCUT2D eigenvalue weighted by Gasteiger charge is 2.29. The Balaban J connectivity index is 1.58. The van der Waals surface area contributed by atoms with Gasteiger partial charge in [-0.3, -0.25) is 4.79 Å². The minimum atomic E-state index is -0.0374. The van der Waals surface area contributed by atoms with Crippen molar-refractivity contribution in [3.8, 4) is 11.4 Å². The minimum Gasteiger partial charge on any atom is -0.331 e. The fourth-order valence-electron chi connectivity index (χ4n) is 3.00. The summed E-state index contributed by atoms with van der Waals surface area (Å²) in [7, 11) is 0. The van der Waals surface area contributed by atoms with Crippen LogP contribution in [0.4, 0.5) is 0 Å². The van der Waals surface area contributed by atoms with Crippen LogP contribution in [0, 0.1) is 0 Å². The van der Waals surface area contributed by atoms with Crippen molar-refractivity contribution in [2.24, 2.45) is 0 Å². The van der Waals surface area contributed by atoms with Crippen molar-refractivity contribution in [1.29, 1.82) is 0 Å². The average Bonchev–Trinajstić information content (AvgIpc) is 3.25. The van der Waals surface area contributed by atoms with Crippen molar-refractivity contribution in [1.82, 2.24) is 39.9 Å². The maximum Gasteiger partial charge on any atom is 0.244 e. The van der Waals surface area contributed by atoms with Gasteiger partial charge in [-0.05, 0) is 17.4 Å². The van der Waals surface area contributed by atoms with Crippen LogP contribution in [-0.2, 0) is 17.9 Å². The smallest absolute Gasteiger partial charge is 0.244 e. The Labute approximate surface area is 137 Å². The summed E-state index contributed by atoms with van der Waals surface area (Å²) in [5.74, 6) is 1.59. The fraction of sp³-hybridized carbons (Fsp3) is 0.333. The van der Waals surface area contributed by atoms with Gasteiger partial charge in [-0.2, -0.15) is 0 Å². The maximum atomic E-state index is 12.4. The molecule has 0 unspecified atom stereocenters. The standard InChI is InChI=1S/C15H16N8O/c1-11-7-21(14(24)9-22-10-16-19-20-22)8-13-17-18-15(23(11)13)12-5-3-2-4-6-12/h2-6,10-11H,7-9H2,1H3/t11-/m0/s1. The number of carbonyl (C=O) groups excluding carboxylic acids is 1. The molecular formula is C15H16N8O. The Bertz CT molecular complexity index is 842. The van der Waals surface area contributed by atoms with Crippen LogP contribution >= 0.6 is 0 Å². The van der Waals surface area contributed by atoms with Crippen LogP contribution < -0.4 is 0 Å². The molecule has 0 fully saturated rings. The first-order chi connectivity index (χ1) is 11.7. The van der Waals surface area contributed by atoms with Gasteiger partial charge in [-0.15, -0.1) is 15.3 Å². The van der Waals surface area contributed by atoms with Crippen LogP contribution in [0.15, 0.2) is 36.7 Å². The van der Waals surface area contributed by atoms with E-state index in [1.807, 2.05) is 30.3 Å². The fourth-order valence-corrected chi connectivity index (χ4v) is 3.00. The number of benzene rings is 1. The third-order valence-electron chi connectivity index (χ3n) is 4.10. The lowest BCUT2D eigenvalue weighted by Gasteiger charge is -2.32. The zero-order valence-electron chi connectivity index (χ0n) is 13.1. The molecule has 1 aromatic carbocycles. The predicted molar refractivity (Wildman–Crippen MR) is 83.4 cm³/mol. The third-order valence-corrected chi connectivity index (χ3v) is 4.10. The molecule has 0 aliphatic carbocycles. The monoisotopic (exact) mass is 324 g/mol. The second-order valence-corrected chi connectivity index (χ2v) is 5.81. The second-order valence-electron chi connectivity index (χ2n) is 5.81. The summed E-state index contributed by atoms with van der Waals surface area (Å²) in [4.78, 5) is 14.2. The number of nitrogens with zero attached hydrogens (tertiary/aromatic N) is 8. The van der Waals surface area contributed by atoms with E-state index >= 15 is 0 Å². The molecule has 122 valence electrons. The molecule has 9 heteroatoms. The summed E-state index contributed by atoms with van der Waals surface area (Å²) in [6.07, 6.45) is 1.43. The number of carbonyl (C=O) groups is 1. The quantitative estimate of drug-likeness (QED) is 0.698. The Hall–Kier alpha value is -3.10.